The Morgan fingerprint density at radius 1 is 1.53 bits per heavy atom. The van der Waals surface area contributed by atoms with Gasteiger partial charge in [-0.1, -0.05) is 0 Å². The van der Waals surface area contributed by atoms with E-state index in [2.05, 4.69) is 27.2 Å². The second kappa shape index (κ2) is 5.28. The molecule has 1 aliphatic rings. The van der Waals surface area contributed by atoms with Gasteiger partial charge in [-0.05, 0) is 33.0 Å². The van der Waals surface area contributed by atoms with Crippen molar-refractivity contribution >= 4 is 0 Å². The number of nitrogens with zero attached hydrogens (tertiary/aromatic N) is 2. The zero-order valence-corrected chi connectivity index (χ0v) is 9.37. The first kappa shape index (κ1) is 10.6. The average Bonchev–Trinajstić information content (AvgIpc) is 2.66. The summed E-state index contributed by atoms with van der Waals surface area (Å²) in [6.07, 6.45) is 7.30. The van der Waals surface area contributed by atoms with E-state index in [1.54, 1.807) is 6.33 Å². The van der Waals surface area contributed by atoms with E-state index in [1.807, 2.05) is 6.20 Å². The van der Waals surface area contributed by atoms with Crippen LogP contribution in [0.3, 0.4) is 0 Å². The molecule has 0 saturated carbocycles. The number of likely N-dealkylation sites (N-methyl/N-ethyl adjacent to an activating group) is 1. The molecule has 2 rings (SSSR count). The predicted molar refractivity (Wildman–Crippen MR) is 60.8 cm³/mol. The molecule has 2 heterocycles. The van der Waals surface area contributed by atoms with Crippen LogP contribution in [0.4, 0.5) is 0 Å². The number of aromatic amines is 1. The SMILES string of the molecule is CN1CCCCN[C@@H](Cc2cnc[nH]2)C1. The van der Waals surface area contributed by atoms with E-state index in [-0.39, 0.29) is 0 Å². The van der Waals surface area contributed by atoms with Crippen LogP contribution in [0.25, 0.3) is 0 Å². The minimum atomic E-state index is 0.552. The lowest BCUT2D eigenvalue weighted by Crippen LogP contribution is -2.43. The van der Waals surface area contributed by atoms with Crippen LogP contribution in [0.15, 0.2) is 12.5 Å². The van der Waals surface area contributed by atoms with E-state index < -0.39 is 0 Å². The van der Waals surface area contributed by atoms with Crippen LogP contribution in [0, 0.1) is 0 Å². The van der Waals surface area contributed by atoms with E-state index in [4.69, 9.17) is 0 Å². The fourth-order valence-electron chi connectivity index (χ4n) is 2.14. The van der Waals surface area contributed by atoms with Crippen molar-refractivity contribution in [2.24, 2.45) is 0 Å². The van der Waals surface area contributed by atoms with Crippen LogP contribution in [-0.4, -0.2) is 47.6 Å². The number of H-pyrrole nitrogens is 1. The van der Waals surface area contributed by atoms with Crippen LogP contribution in [0.2, 0.25) is 0 Å². The van der Waals surface area contributed by atoms with Gasteiger partial charge in [0.25, 0.3) is 0 Å². The van der Waals surface area contributed by atoms with Crippen LogP contribution in [0.1, 0.15) is 18.5 Å². The molecule has 0 amide bonds. The van der Waals surface area contributed by atoms with Crippen molar-refractivity contribution < 1.29 is 0 Å². The normalized spacial score (nSPS) is 24.7. The van der Waals surface area contributed by atoms with E-state index in [0.717, 1.165) is 19.5 Å². The quantitative estimate of drug-likeness (QED) is 0.749. The maximum atomic E-state index is 4.05. The Morgan fingerprint density at radius 2 is 2.47 bits per heavy atom. The van der Waals surface area contributed by atoms with Crippen molar-refractivity contribution in [2.75, 3.05) is 26.7 Å². The lowest BCUT2D eigenvalue weighted by Gasteiger charge is -2.27. The fourth-order valence-corrected chi connectivity index (χ4v) is 2.14. The molecule has 1 saturated heterocycles. The van der Waals surface area contributed by atoms with Crippen molar-refractivity contribution in [2.45, 2.75) is 25.3 Å². The smallest absolute Gasteiger partial charge is 0.0921 e. The molecular weight excluding hydrogens is 188 g/mol. The molecule has 0 spiro atoms. The van der Waals surface area contributed by atoms with Crippen molar-refractivity contribution in [3.8, 4) is 0 Å². The van der Waals surface area contributed by atoms with E-state index in [1.165, 1.54) is 25.1 Å². The van der Waals surface area contributed by atoms with Gasteiger partial charge in [0.2, 0.25) is 0 Å². The Bertz CT molecular complexity index is 270. The summed E-state index contributed by atoms with van der Waals surface area (Å²) in [6.45, 7) is 3.49. The summed E-state index contributed by atoms with van der Waals surface area (Å²) in [5, 5.41) is 3.60. The van der Waals surface area contributed by atoms with Crippen molar-refractivity contribution in [1.29, 1.82) is 0 Å². The van der Waals surface area contributed by atoms with E-state index in [0.29, 0.717) is 6.04 Å². The summed E-state index contributed by atoms with van der Waals surface area (Å²) < 4.78 is 0. The standard InChI is InChI=1S/C11H20N4/c1-15-5-3-2-4-13-11(8-15)6-10-7-12-9-14-10/h7,9,11,13H,2-6,8H2,1H3,(H,12,14)/t11-/m0/s1. The summed E-state index contributed by atoms with van der Waals surface area (Å²) >= 11 is 0. The highest BCUT2D eigenvalue weighted by Crippen LogP contribution is 2.04. The Balaban J connectivity index is 1.88. The first-order valence-corrected chi connectivity index (χ1v) is 5.74. The summed E-state index contributed by atoms with van der Waals surface area (Å²) in [4.78, 5) is 9.63. The van der Waals surface area contributed by atoms with Gasteiger partial charge in [0, 0.05) is 30.9 Å². The Hall–Kier alpha value is -0.870. The molecule has 0 aliphatic carbocycles. The van der Waals surface area contributed by atoms with Gasteiger partial charge >= 0.3 is 0 Å². The monoisotopic (exact) mass is 208 g/mol. The second-order valence-electron chi connectivity index (χ2n) is 4.40. The molecule has 4 heteroatoms. The maximum absolute atomic E-state index is 4.05. The van der Waals surface area contributed by atoms with E-state index in [9.17, 15) is 0 Å². The number of aromatic nitrogens is 2. The first-order chi connectivity index (χ1) is 7.34. The van der Waals surface area contributed by atoms with Gasteiger partial charge in [0.05, 0.1) is 6.33 Å². The van der Waals surface area contributed by atoms with Crippen LogP contribution in [0.5, 0.6) is 0 Å². The maximum Gasteiger partial charge on any atom is 0.0921 e. The molecule has 1 fully saturated rings. The minimum Gasteiger partial charge on any atom is -0.348 e. The third-order valence-corrected chi connectivity index (χ3v) is 2.95. The summed E-state index contributed by atoms with van der Waals surface area (Å²) in [5.41, 5.74) is 1.22. The number of hydrogen-bond donors (Lipinski definition) is 2. The molecule has 84 valence electrons. The highest BCUT2D eigenvalue weighted by atomic mass is 15.1. The fraction of sp³-hybridized carbons (Fsp3) is 0.727. The summed E-state index contributed by atoms with van der Waals surface area (Å²) in [5.74, 6) is 0. The molecule has 1 aromatic heterocycles. The highest BCUT2D eigenvalue weighted by molar-refractivity contribution is 4.98. The number of imidazole rings is 1. The molecule has 0 unspecified atom stereocenters. The Morgan fingerprint density at radius 3 is 3.27 bits per heavy atom. The molecule has 0 aromatic carbocycles. The van der Waals surface area contributed by atoms with Crippen LogP contribution < -0.4 is 5.32 Å². The lowest BCUT2D eigenvalue weighted by molar-refractivity contribution is 0.261. The largest absolute Gasteiger partial charge is 0.348 e. The summed E-state index contributed by atoms with van der Waals surface area (Å²) in [6, 6.07) is 0.552. The topological polar surface area (TPSA) is 44.0 Å². The Labute approximate surface area is 91.1 Å². The predicted octanol–water partition coefficient (Wildman–Crippen LogP) is 0.636. The third-order valence-electron chi connectivity index (χ3n) is 2.95. The van der Waals surface area contributed by atoms with Crippen molar-refractivity contribution in [1.82, 2.24) is 20.2 Å². The molecule has 1 atom stereocenters. The van der Waals surface area contributed by atoms with Crippen LogP contribution >= 0.6 is 0 Å². The van der Waals surface area contributed by atoms with Crippen LogP contribution in [-0.2, 0) is 6.42 Å². The number of nitrogens with one attached hydrogen (secondary N) is 2. The minimum absolute atomic E-state index is 0.552. The lowest BCUT2D eigenvalue weighted by atomic mass is 10.1. The highest BCUT2D eigenvalue weighted by Gasteiger charge is 2.14. The van der Waals surface area contributed by atoms with Gasteiger partial charge in [-0.15, -0.1) is 0 Å². The van der Waals surface area contributed by atoms with Gasteiger partial charge in [-0.2, -0.15) is 0 Å². The molecule has 0 radical (unpaired) electrons. The molecule has 1 aromatic rings. The number of rotatable bonds is 2. The molecule has 15 heavy (non-hydrogen) atoms. The second-order valence-corrected chi connectivity index (χ2v) is 4.40. The average molecular weight is 208 g/mol. The molecule has 2 N–H and O–H groups in total. The van der Waals surface area contributed by atoms with Gasteiger partial charge in [-0.3, -0.25) is 0 Å². The third kappa shape index (κ3) is 3.32. The van der Waals surface area contributed by atoms with E-state index >= 15 is 0 Å². The first-order valence-electron chi connectivity index (χ1n) is 5.74. The molecule has 0 bridgehead atoms. The molecule has 4 nitrogen and oxygen atoms in total. The number of hydrogen-bond acceptors (Lipinski definition) is 3. The Kier molecular flexibility index (Phi) is 3.75. The zero-order valence-electron chi connectivity index (χ0n) is 9.37. The molecule has 1 aliphatic heterocycles. The van der Waals surface area contributed by atoms with Crippen molar-refractivity contribution in [3.05, 3.63) is 18.2 Å². The van der Waals surface area contributed by atoms with Gasteiger partial charge in [-0.25, -0.2) is 4.98 Å². The zero-order chi connectivity index (χ0) is 10.5. The van der Waals surface area contributed by atoms with Gasteiger partial charge in [0.15, 0.2) is 0 Å². The van der Waals surface area contributed by atoms with Crippen molar-refractivity contribution in [3.63, 3.8) is 0 Å². The summed E-state index contributed by atoms with van der Waals surface area (Å²) in [7, 11) is 2.20. The van der Waals surface area contributed by atoms with Gasteiger partial charge < -0.3 is 15.2 Å². The molecular formula is C11H20N4. The van der Waals surface area contributed by atoms with Gasteiger partial charge in [0.1, 0.15) is 0 Å².